The number of nitrogens with zero attached hydrogens (tertiary/aromatic N) is 1. The predicted molar refractivity (Wildman–Crippen MR) is 88.1 cm³/mol. The lowest BCUT2D eigenvalue weighted by molar-refractivity contribution is 1.35. The zero-order chi connectivity index (χ0) is 13.5. The standard InChI is InChI=1S/C12H8S3.C3H5N/c1-3-10(13-6-1)9-5-8-15-12(9)11-4-2-7-14-11;1-3-4-2/h1-8H;3H2,1H3. The number of hydrogen-bond donors (Lipinski definition) is 0. The summed E-state index contributed by atoms with van der Waals surface area (Å²) >= 11 is 5.43. The van der Waals surface area contributed by atoms with Gasteiger partial charge < -0.3 is 4.85 Å². The highest BCUT2D eigenvalue weighted by molar-refractivity contribution is 7.21. The Morgan fingerprint density at radius 1 is 0.947 bits per heavy atom. The van der Waals surface area contributed by atoms with Gasteiger partial charge in [0.05, 0.1) is 4.88 Å². The molecule has 4 heteroatoms. The van der Waals surface area contributed by atoms with Crippen LogP contribution >= 0.6 is 34.0 Å². The molecular weight excluding hydrogens is 290 g/mol. The first-order valence-electron chi connectivity index (χ1n) is 5.85. The highest BCUT2D eigenvalue weighted by Crippen LogP contribution is 2.40. The Balaban J connectivity index is 0.000000297. The van der Waals surface area contributed by atoms with E-state index in [0.717, 1.165) is 0 Å². The van der Waals surface area contributed by atoms with E-state index >= 15 is 0 Å². The molecule has 3 heterocycles. The van der Waals surface area contributed by atoms with Crippen molar-refractivity contribution in [2.24, 2.45) is 0 Å². The van der Waals surface area contributed by atoms with Crippen LogP contribution < -0.4 is 0 Å². The lowest BCUT2D eigenvalue weighted by atomic mass is 10.2. The van der Waals surface area contributed by atoms with Crippen LogP contribution in [-0.2, 0) is 0 Å². The van der Waals surface area contributed by atoms with Crippen molar-refractivity contribution in [3.63, 3.8) is 0 Å². The molecule has 0 fully saturated rings. The van der Waals surface area contributed by atoms with Crippen LogP contribution in [0.5, 0.6) is 0 Å². The maximum Gasteiger partial charge on any atom is 0.211 e. The topological polar surface area (TPSA) is 4.36 Å². The molecule has 0 aromatic carbocycles. The van der Waals surface area contributed by atoms with Gasteiger partial charge in [-0.25, -0.2) is 6.57 Å². The SMILES string of the molecule is [C-]#[N+]CC.c1csc(-c2ccsc2-c2cccs2)c1. The molecule has 0 radical (unpaired) electrons. The first kappa shape index (κ1) is 14.0. The molecule has 0 amide bonds. The van der Waals surface area contributed by atoms with Crippen molar-refractivity contribution in [2.45, 2.75) is 6.92 Å². The van der Waals surface area contributed by atoms with Crippen LogP contribution in [0.15, 0.2) is 46.5 Å². The molecule has 0 atom stereocenters. The summed E-state index contributed by atoms with van der Waals surface area (Å²) in [5.74, 6) is 0. The van der Waals surface area contributed by atoms with Crippen molar-refractivity contribution >= 4 is 34.0 Å². The first-order valence-corrected chi connectivity index (χ1v) is 8.49. The zero-order valence-electron chi connectivity index (χ0n) is 10.5. The average Bonchev–Trinajstić information content (AvgIpc) is 3.15. The van der Waals surface area contributed by atoms with Gasteiger partial charge in [-0.1, -0.05) is 12.1 Å². The molecule has 1 nitrogen and oxygen atoms in total. The van der Waals surface area contributed by atoms with E-state index in [1.807, 2.05) is 29.6 Å². The molecule has 0 bridgehead atoms. The van der Waals surface area contributed by atoms with Gasteiger partial charge in [0.2, 0.25) is 6.54 Å². The van der Waals surface area contributed by atoms with E-state index in [0.29, 0.717) is 6.54 Å². The fourth-order valence-electron chi connectivity index (χ4n) is 1.53. The molecule has 3 aromatic heterocycles. The minimum atomic E-state index is 0.611. The van der Waals surface area contributed by atoms with Crippen LogP contribution in [0.2, 0.25) is 0 Å². The minimum absolute atomic E-state index is 0.611. The van der Waals surface area contributed by atoms with Crippen molar-refractivity contribution in [2.75, 3.05) is 6.54 Å². The van der Waals surface area contributed by atoms with Gasteiger partial charge in [-0.3, -0.25) is 0 Å². The summed E-state index contributed by atoms with van der Waals surface area (Å²) in [6, 6.07) is 10.8. The third kappa shape index (κ3) is 3.54. The molecular formula is C15H13NS3. The molecule has 0 spiro atoms. The first-order chi connectivity index (χ1) is 9.36. The van der Waals surface area contributed by atoms with E-state index in [1.165, 1.54) is 20.2 Å². The Morgan fingerprint density at radius 2 is 1.58 bits per heavy atom. The van der Waals surface area contributed by atoms with E-state index in [2.05, 4.69) is 51.3 Å². The zero-order valence-corrected chi connectivity index (χ0v) is 12.9. The van der Waals surface area contributed by atoms with Crippen LogP contribution in [0.1, 0.15) is 6.92 Å². The normalized spacial score (nSPS) is 9.47. The molecule has 3 aromatic rings. The second-order valence-corrected chi connectivity index (χ2v) is 6.40. The van der Waals surface area contributed by atoms with Crippen LogP contribution in [0.4, 0.5) is 0 Å². The summed E-state index contributed by atoms with van der Waals surface area (Å²) in [4.78, 5) is 7.11. The summed E-state index contributed by atoms with van der Waals surface area (Å²) in [6.45, 7) is 8.51. The van der Waals surface area contributed by atoms with Crippen LogP contribution in [0.25, 0.3) is 25.0 Å². The second-order valence-electron chi connectivity index (χ2n) is 3.59. The van der Waals surface area contributed by atoms with E-state index in [-0.39, 0.29) is 0 Å². The molecule has 19 heavy (non-hydrogen) atoms. The molecule has 0 aliphatic carbocycles. The smallest absolute Gasteiger partial charge is 0.211 e. The van der Waals surface area contributed by atoms with Gasteiger partial charge in [0.1, 0.15) is 0 Å². The van der Waals surface area contributed by atoms with Crippen molar-refractivity contribution in [3.8, 4) is 20.2 Å². The maximum atomic E-state index is 6.08. The number of rotatable bonds is 2. The fourth-order valence-corrected chi connectivity index (χ4v) is 4.15. The van der Waals surface area contributed by atoms with Gasteiger partial charge in [0.25, 0.3) is 0 Å². The summed E-state index contributed by atoms with van der Waals surface area (Å²) in [5.41, 5.74) is 1.37. The number of hydrogen-bond acceptors (Lipinski definition) is 3. The lowest BCUT2D eigenvalue weighted by Crippen LogP contribution is -1.69. The van der Waals surface area contributed by atoms with Gasteiger partial charge >= 0.3 is 0 Å². The van der Waals surface area contributed by atoms with Crippen LogP contribution in [0, 0.1) is 6.57 Å². The molecule has 96 valence electrons. The van der Waals surface area contributed by atoms with E-state index in [9.17, 15) is 0 Å². The summed E-state index contributed by atoms with van der Waals surface area (Å²) in [5, 5.41) is 6.43. The van der Waals surface area contributed by atoms with Crippen molar-refractivity contribution < 1.29 is 0 Å². The highest BCUT2D eigenvalue weighted by Gasteiger charge is 2.09. The molecule has 0 aliphatic rings. The third-order valence-corrected chi connectivity index (χ3v) is 5.22. The molecule has 0 saturated heterocycles. The van der Waals surface area contributed by atoms with E-state index < -0.39 is 0 Å². The predicted octanol–water partition coefficient (Wildman–Crippen LogP) is 6.13. The Labute approximate surface area is 125 Å². The van der Waals surface area contributed by atoms with Crippen molar-refractivity contribution in [3.05, 3.63) is 57.9 Å². The molecule has 3 rings (SSSR count). The monoisotopic (exact) mass is 303 g/mol. The number of thiophene rings is 3. The summed E-state index contributed by atoms with van der Waals surface area (Å²) in [7, 11) is 0. The van der Waals surface area contributed by atoms with Crippen LogP contribution in [-0.4, -0.2) is 6.54 Å². The maximum absolute atomic E-state index is 6.08. The Kier molecular flexibility index (Phi) is 5.34. The van der Waals surface area contributed by atoms with Gasteiger partial charge in [0, 0.05) is 22.2 Å². The largest absolute Gasteiger partial charge is 0.317 e. The Hall–Kier alpha value is -1.41. The minimum Gasteiger partial charge on any atom is -0.317 e. The summed E-state index contributed by atoms with van der Waals surface area (Å²) in [6.07, 6.45) is 0. The van der Waals surface area contributed by atoms with Gasteiger partial charge in [-0.05, 0) is 34.3 Å². The molecule has 0 unspecified atom stereocenters. The molecule has 0 aliphatic heterocycles. The van der Waals surface area contributed by atoms with E-state index in [1.54, 1.807) is 11.3 Å². The van der Waals surface area contributed by atoms with Crippen molar-refractivity contribution in [1.82, 2.24) is 0 Å². The van der Waals surface area contributed by atoms with Crippen LogP contribution in [0.3, 0.4) is 0 Å². The van der Waals surface area contributed by atoms with Gasteiger partial charge in [-0.2, -0.15) is 0 Å². The van der Waals surface area contributed by atoms with Gasteiger partial charge in [0.15, 0.2) is 0 Å². The fraction of sp³-hybridized carbons (Fsp3) is 0.133. The Morgan fingerprint density at radius 3 is 2.11 bits per heavy atom. The van der Waals surface area contributed by atoms with E-state index in [4.69, 9.17) is 6.57 Å². The lowest BCUT2D eigenvalue weighted by Gasteiger charge is -1.97. The Bertz CT molecular complexity index is 579. The molecule has 0 N–H and O–H groups in total. The average molecular weight is 303 g/mol. The second kappa shape index (κ2) is 7.25. The highest BCUT2D eigenvalue weighted by atomic mass is 32.1. The third-order valence-electron chi connectivity index (χ3n) is 2.35. The van der Waals surface area contributed by atoms with Crippen molar-refractivity contribution in [1.29, 1.82) is 0 Å². The molecule has 0 saturated carbocycles. The summed E-state index contributed by atoms with van der Waals surface area (Å²) < 4.78 is 0. The van der Waals surface area contributed by atoms with Gasteiger partial charge in [-0.15, -0.1) is 34.0 Å². The quantitative estimate of drug-likeness (QED) is 0.501.